The summed E-state index contributed by atoms with van der Waals surface area (Å²) in [4.78, 5) is 31.2. The molecule has 0 radical (unpaired) electrons. The van der Waals surface area contributed by atoms with Crippen LogP contribution in [0.1, 0.15) is 16.1 Å². The third kappa shape index (κ3) is 3.28. The molecule has 0 fully saturated rings. The molecule has 33 heavy (non-hydrogen) atoms. The number of nitrogens with zero attached hydrogens (tertiary/aromatic N) is 3. The number of carbonyl (C=O) groups is 1. The minimum atomic E-state index is -0.351. The summed E-state index contributed by atoms with van der Waals surface area (Å²) in [5, 5.41) is 3.28. The van der Waals surface area contributed by atoms with Crippen LogP contribution in [0.2, 0.25) is 0 Å². The number of anilines is 1. The average molecular weight is 438 g/mol. The Morgan fingerprint density at radius 3 is 2.67 bits per heavy atom. The van der Waals surface area contributed by atoms with Gasteiger partial charge in [-0.05, 0) is 35.9 Å². The van der Waals surface area contributed by atoms with Crippen molar-refractivity contribution in [1.82, 2.24) is 14.0 Å². The Bertz CT molecular complexity index is 1590. The molecule has 3 aromatic heterocycles. The van der Waals surface area contributed by atoms with Crippen LogP contribution in [0.25, 0.3) is 16.7 Å². The molecular weight excluding hydrogens is 420 g/mol. The van der Waals surface area contributed by atoms with Crippen molar-refractivity contribution in [3.05, 3.63) is 101 Å². The Kier molecular flexibility index (Phi) is 4.36. The smallest absolute Gasteiger partial charge is 0.272 e. The molecule has 5 aromatic rings. The second-order valence-electron chi connectivity index (χ2n) is 7.71. The minimum Gasteiger partial charge on any atom is -0.454 e. The van der Waals surface area contributed by atoms with Crippen molar-refractivity contribution in [3.8, 4) is 11.5 Å². The van der Waals surface area contributed by atoms with Gasteiger partial charge in [-0.3, -0.25) is 14.0 Å². The van der Waals surface area contributed by atoms with Crippen LogP contribution in [0.3, 0.4) is 0 Å². The molecule has 1 aliphatic heterocycles. The van der Waals surface area contributed by atoms with Crippen LogP contribution < -0.4 is 20.3 Å². The monoisotopic (exact) mass is 438 g/mol. The largest absolute Gasteiger partial charge is 0.454 e. The maximum Gasteiger partial charge on any atom is 0.272 e. The first-order chi connectivity index (χ1) is 16.2. The van der Waals surface area contributed by atoms with Gasteiger partial charge in [0.15, 0.2) is 11.5 Å². The van der Waals surface area contributed by atoms with Crippen LogP contribution >= 0.6 is 0 Å². The number of amides is 1. The third-order valence-electron chi connectivity index (χ3n) is 5.62. The fourth-order valence-electron chi connectivity index (χ4n) is 4.04. The molecule has 1 amide bonds. The Balaban J connectivity index is 1.48. The van der Waals surface area contributed by atoms with Crippen LogP contribution in [0, 0.1) is 0 Å². The predicted octanol–water partition coefficient (Wildman–Crippen LogP) is 3.68. The van der Waals surface area contributed by atoms with Crippen molar-refractivity contribution in [2.24, 2.45) is 0 Å². The molecular formula is C25H18N4O4. The number of pyridine rings is 1. The maximum absolute atomic E-state index is 13.4. The molecule has 2 aromatic carbocycles. The number of rotatable bonds is 4. The second kappa shape index (κ2) is 7.52. The zero-order chi connectivity index (χ0) is 22.4. The topological polar surface area (TPSA) is 86.9 Å². The van der Waals surface area contributed by atoms with Gasteiger partial charge >= 0.3 is 0 Å². The standard InChI is InChI=1S/C25H18N4O4/c30-24(26-17-9-10-20-21(12-17)33-15-32-20)19-13-18-23(29(19)14-16-6-2-1-3-7-16)27-22-8-4-5-11-28(22)25(18)31/h1-13H,14-15H2,(H,26,30). The highest BCUT2D eigenvalue weighted by molar-refractivity contribution is 6.06. The number of hydrogen-bond acceptors (Lipinski definition) is 5. The van der Waals surface area contributed by atoms with Crippen LogP contribution in [-0.2, 0) is 6.54 Å². The van der Waals surface area contributed by atoms with Crippen molar-refractivity contribution >= 4 is 28.3 Å². The molecule has 0 spiro atoms. The average Bonchev–Trinajstić information content (AvgIpc) is 3.45. The van der Waals surface area contributed by atoms with Gasteiger partial charge < -0.3 is 19.4 Å². The molecule has 1 N–H and O–H groups in total. The summed E-state index contributed by atoms with van der Waals surface area (Å²) in [6.07, 6.45) is 1.67. The maximum atomic E-state index is 13.4. The van der Waals surface area contributed by atoms with Gasteiger partial charge in [-0.25, -0.2) is 4.98 Å². The van der Waals surface area contributed by atoms with Gasteiger partial charge in [0, 0.05) is 24.5 Å². The number of ether oxygens (including phenoxy) is 2. The van der Waals surface area contributed by atoms with E-state index < -0.39 is 0 Å². The molecule has 0 saturated carbocycles. The van der Waals surface area contributed by atoms with E-state index in [1.54, 1.807) is 47.2 Å². The summed E-state index contributed by atoms with van der Waals surface area (Å²) in [7, 11) is 0. The molecule has 1 aliphatic rings. The van der Waals surface area contributed by atoms with Crippen molar-refractivity contribution in [2.45, 2.75) is 6.54 Å². The van der Waals surface area contributed by atoms with E-state index in [-0.39, 0.29) is 18.3 Å². The van der Waals surface area contributed by atoms with E-state index in [1.807, 2.05) is 36.4 Å². The lowest BCUT2D eigenvalue weighted by Gasteiger charge is -2.11. The van der Waals surface area contributed by atoms with E-state index >= 15 is 0 Å². The lowest BCUT2D eigenvalue weighted by Crippen LogP contribution is -2.18. The first kappa shape index (κ1) is 19.1. The summed E-state index contributed by atoms with van der Waals surface area (Å²) in [6, 6.07) is 21.9. The number of hydrogen-bond donors (Lipinski definition) is 1. The van der Waals surface area contributed by atoms with Crippen molar-refractivity contribution in [2.75, 3.05) is 12.1 Å². The van der Waals surface area contributed by atoms with E-state index in [2.05, 4.69) is 5.32 Å². The zero-order valence-corrected chi connectivity index (χ0v) is 17.4. The van der Waals surface area contributed by atoms with Gasteiger partial charge in [0.1, 0.15) is 17.0 Å². The molecule has 4 heterocycles. The van der Waals surface area contributed by atoms with Crippen LogP contribution in [0.4, 0.5) is 5.69 Å². The van der Waals surface area contributed by atoms with Crippen LogP contribution in [0.5, 0.6) is 11.5 Å². The van der Waals surface area contributed by atoms with Crippen LogP contribution in [-0.4, -0.2) is 26.7 Å². The number of aromatic nitrogens is 3. The van der Waals surface area contributed by atoms with Crippen LogP contribution in [0.15, 0.2) is 83.8 Å². The second-order valence-corrected chi connectivity index (χ2v) is 7.71. The van der Waals surface area contributed by atoms with E-state index in [0.29, 0.717) is 46.1 Å². The molecule has 6 rings (SSSR count). The molecule has 0 bridgehead atoms. The van der Waals surface area contributed by atoms with Crippen molar-refractivity contribution in [1.29, 1.82) is 0 Å². The van der Waals surface area contributed by atoms with E-state index in [0.717, 1.165) is 5.56 Å². The summed E-state index contributed by atoms with van der Waals surface area (Å²) >= 11 is 0. The lowest BCUT2D eigenvalue weighted by molar-refractivity contribution is 0.101. The highest BCUT2D eigenvalue weighted by Gasteiger charge is 2.21. The van der Waals surface area contributed by atoms with Gasteiger partial charge in [-0.2, -0.15) is 0 Å². The molecule has 0 unspecified atom stereocenters. The first-order valence-electron chi connectivity index (χ1n) is 10.4. The van der Waals surface area contributed by atoms with E-state index in [9.17, 15) is 9.59 Å². The summed E-state index contributed by atoms with van der Waals surface area (Å²) in [5.74, 6) is 0.857. The SMILES string of the molecule is O=C(Nc1ccc2c(c1)OCO2)c1cc2c(=O)n3ccccc3nc2n1Cc1ccccc1. The molecule has 0 atom stereocenters. The minimum absolute atomic E-state index is 0.154. The van der Waals surface area contributed by atoms with E-state index in [4.69, 9.17) is 14.5 Å². The predicted molar refractivity (Wildman–Crippen MR) is 123 cm³/mol. The van der Waals surface area contributed by atoms with Gasteiger partial charge in [0.2, 0.25) is 6.79 Å². The van der Waals surface area contributed by atoms with Gasteiger partial charge in [-0.1, -0.05) is 36.4 Å². The van der Waals surface area contributed by atoms with Gasteiger partial charge in [0.05, 0.1) is 5.39 Å². The first-order valence-corrected chi connectivity index (χ1v) is 10.4. The Morgan fingerprint density at radius 1 is 0.970 bits per heavy atom. The van der Waals surface area contributed by atoms with Gasteiger partial charge in [-0.15, -0.1) is 0 Å². The zero-order valence-electron chi connectivity index (χ0n) is 17.4. The van der Waals surface area contributed by atoms with E-state index in [1.165, 1.54) is 4.40 Å². The Hall–Kier alpha value is -4.59. The highest BCUT2D eigenvalue weighted by Crippen LogP contribution is 2.34. The van der Waals surface area contributed by atoms with Gasteiger partial charge in [0.25, 0.3) is 11.5 Å². The number of carbonyl (C=O) groups excluding carboxylic acids is 1. The molecule has 162 valence electrons. The van der Waals surface area contributed by atoms with Crippen molar-refractivity contribution in [3.63, 3.8) is 0 Å². The fourth-order valence-corrected chi connectivity index (χ4v) is 4.04. The molecule has 0 saturated heterocycles. The number of fused-ring (bicyclic) bond motifs is 3. The summed E-state index contributed by atoms with van der Waals surface area (Å²) in [5.41, 5.74) is 2.65. The quantitative estimate of drug-likeness (QED) is 0.463. The Morgan fingerprint density at radius 2 is 1.79 bits per heavy atom. The number of nitrogens with one attached hydrogen (secondary N) is 1. The molecule has 8 nitrogen and oxygen atoms in total. The fraction of sp³-hybridized carbons (Fsp3) is 0.0800. The Labute approximate surface area is 187 Å². The number of benzene rings is 2. The third-order valence-corrected chi connectivity index (χ3v) is 5.62. The summed E-state index contributed by atoms with van der Waals surface area (Å²) in [6.45, 7) is 0.547. The lowest BCUT2D eigenvalue weighted by atomic mass is 10.2. The van der Waals surface area contributed by atoms with Crippen molar-refractivity contribution < 1.29 is 14.3 Å². The molecule has 0 aliphatic carbocycles. The highest BCUT2D eigenvalue weighted by atomic mass is 16.7. The molecule has 8 heteroatoms. The summed E-state index contributed by atoms with van der Waals surface area (Å²) < 4.78 is 14.0. The normalized spacial score (nSPS) is 12.4.